The summed E-state index contributed by atoms with van der Waals surface area (Å²) >= 11 is 0. The summed E-state index contributed by atoms with van der Waals surface area (Å²) in [7, 11) is 0. The zero-order chi connectivity index (χ0) is 22.5. The second kappa shape index (κ2) is 10.3. The highest BCUT2D eigenvalue weighted by atomic mass is 16.3. The Labute approximate surface area is 182 Å². The number of hydrogen-bond donors (Lipinski definition) is 2. The molecule has 0 amide bonds. The van der Waals surface area contributed by atoms with Crippen LogP contribution in [0.3, 0.4) is 0 Å². The van der Waals surface area contributed by atoms with Crippen molar-refractivity contribution in [3.05, 3.63) is 46.4 Å². The Kier molecular flexibility index (Phi) is 8.28. The number of allylic oxidation sites excluding steroid dienone is 6. The highest BCUT2D eigenvalue weighted by Gasteiger charge is 2.33. The van der Waals surface area contributed by atoms with Gasteiger partial charge >= 0.3 is 0 Å². The molecule has 0 aromatic carbocycles. The van der Waals surface area contributed by atoms with Crippen LogP contribution in [0.4, 0.5) is 0 Å². The number of nitrogens with one attached hydrogen (secondary N) is 1. The zero-order valence-corrected chi connectivity index (χ0v) is 19.6. The highest BCUT2D eigenvalue weighted by Crippen LogP contribution is 2.45. The van der Waals surface area contributed by atoms with Crippen LogP contribution in [0.25, 0.3) is 0 Å². The average molecular weight is 414 g/mol. The van der Waals surface area contributed by atoms with Crippen LogP contribution in [0.1, 0.15) is 80.1 Å². The normalized spacial score (nSPS) is 25.6. The molecule has 0 aliphatic heterocycles. The van der Waals surface area contributed by atoms with Gasteiger partial charge in [0, 0.05) is 12.6 Å². The first-order chi connectivity index (χ1) is 14.0. The first-order valence-corrected chi connectivity index (χ1v) is 11.3. The first-order valence-electron chi connectivity index (χ1n) is 11.3. The molecule has 0 unspecified atom stereocenters. The second-order valence-corrected chi connectivity index (χ2v) is 9.80. The van der Waals surface area contributed by atoms with Crippen LogP contribution in [0.5, 0.6) is 0 Å². The van der Waals surface area contributed by atoms with Gasteiger partial charge in [0.15, 0.2) is 0 Å². The van der Waals surface area contributed by atoms with Crippen molar-refractivity contribution in [2.24, 2.45) is 17.3 Å². The summed E-state index contributed by atoms with van der Waals surface area (Å²) in [5.74, 6) is -0.150. The van der Waals surface area contributed by atoms with E-state index in [4.69, 9.17) is 0 Å². The van der Waals surface area contributed by atoms with Crippen molar-refractivity contribution >= 4 is 11.6 Å². The van der Waals surface area contributed by atoms with Crippen molar-refractivity contribution in [1.29, 1.82) is 0 Å². The number of hydrogen-bond acceptors (Lipinski definition) is 4. The van der Waals surface area contributed by atoms with Gasteiger partial charge in [-0.1, -0.05) is 51.0 Å². The Bertz CT molecular complexity index is 797. The summed E-state index contributed by atoms with van der Waals surface area (Å²) < 4.78 is 0. The van der Waals surface area contributed by atoms with Gasteiger partial charge in [0.05, 0.1) is 11.3 Å². The quantitative estimate of drug-likeness (QED) is 0.278. The maximum absolute atomic E-state index is 12.3. The third kappa shape index (κ3) is 5.96. The van der Waals surface area contributed by atoms with Crippen molar-refractivity contribution in [2.45, 2.75) is 80.1 Å². The Morgan fingerprint density at radius 3 is 2.73 bits per heavy atom. The minimum atomic E-state index is -0.598. The lowest BCUT2D eigenvalue weighted by molar-refractivity contribution is -0.131. The Hall–Kier alpha value is -2.10. The molecule has 2 aliphatic rings. The molecule has 0 aromatic rings. The van der Waals surface area contributed by atoms with E-state index in [0.717, 1.165) is 25.7 Å². The monoisotopic (exact) mass is 413 g/mol. The van der Waals surface area contributed by atoms with Crippen LogP contribution in [-0.4, -0.2) is 23.2 Å². The van der Waals surface area contributed by atoms with E-state index < -0.39 is 11.6 Å². The molecule has 4 heteroatoms. The summed E-state index contributed by atoms with van der Waals surface area (Å²) in [5.41, 5.74) is 3.54. The maximum atomic E-state index is 12.3. The van der Waals surface area contributed by atoms with Crippen LogP contribution >= 0.6 is 0 Å². The highest BCUT2D eigenvalue weighted by molar-refractivity contribution is 6.48. The lowest BCUT2D eigenvalue weighted by atomic mass is 9.65. The molecule has 30 heavy (non-hydrogen) atoms. The molecular formula is C26H39NO3. The Morgan fingerprint density at radius 1 is 1.37 bits per heavy atom. The van der Waals surface area contributed by atoms with Gasteiger partial charge in [0.1, 0.15) is 5.76 Å². The minimum Gasteiger partial charge on any atom is -0.505 e. The predicted molar refractivity (Wildman–Crippen MR) is 123 cm³/mol. The third-order valence-corrected chi connectivity index (χ3v) is 7.01. The predicted octanol–water partition coefficient (Wildman–Crippen LogP) is 5.97. The zero-order valence-electron chi connectivity index (χ0n) is 19.6. The fourth-order valence-corrected chi connectivity index (χ4v) is 4.28. The molecule has 2 rings (SSSR count). The van der Waals surface area contributed by atoms with Gasteiger partial charge in [-0.15, -0.1) is 0 Å². The fourth-order valence-electron chi connectivity index (χ4n) is 4.28. The van der Waals surface area contributed by atoms with Gasteiger partial charge in [0.25, 0.3) is 0 Å². The summed E-state index contributed by atoms with van der Waals surface area (Å²) in [6.07, 6.45) is 11.2. The number of ketones is 2. The lowest BCUT2D eigenvalue weighted by Gasteiger charge is -2.40. The Morgan fingerprint density at radius 2 is 2.07 bits per heavy atom. The molecule has 2 atom stereocenters. The Balaban J connectivity index is 2.03. The SMILES string of the molecule is CC1=CCC[C@](C)(CC/C(C)=C/CC2=C(O)C(NCCC(C)C)=CC(=O)C2=O)[C@@H]1C. The van der Waals surface area contributed by atoms with E-state index in [1.807, 2.05) is 6.08 Å². The molecular weight excluding hydrogens is 374 g/mol. The number of carbonyl (C=O) groups excluding carboxylic acids is 2. The molecule has 4 nitrogen and oxygen atoms in total. The van der Waals surface area contributed by atoms with E-state index in [1.54, 1.807) is 0 Å². The van der Waals surface area contributed by atoms with Crippen molar-refractivity contribution < 1.29 is 14.7 Å². The van der Waals surface area contributed by atoms with Gasteiger partial charge < -0.3 is 10.4 Å². The smallest absolute Gasteiger partial charge is 0.233 e. The van der Waals surface area contributed by atoms with E-state index in [1.165, 1.54) is 23.6 Å². The molecule has 0 heterocycles. The summed E-state index contributed by atoms with van der Waals surface area (Å²) in [6.45, 7) is 13.9. The van der Waals surface area contributed by atoms with E-state index in [9.17, 15) is 14.7 Å². The van der Waals surface area contributed by atoms with E-state index in [-0.39, 0.29) is 17.8 Å². The maximum Gasteiger partial charge on any atom is 0.233 e. The molecule has 0 aromatic heterocycles. The molecule has 166 valence electrons. The minimum absolute atomic E-state index is 0.0824. The van der Waals surface area contributed by atoms with Crippen molar-refractivity contribution in [3.8, 4) is 0 Å². The molecule has 0 radical (unpaired) electrons. The van der Waals surface area contributed by atoms with Gasteiger partial charge in [-0.25, -0.2) is 0 Å². The van der Waals surface area contributed by atoms with E-state index in [0.29, 0.717) is 29.5 Å². The number of rotatable bonds is 9. The fraction of sp³-hybridized carbons (Fsp3) is 0.615. The number of aliphatic hydroxyl groups is 1. The summed E-state index contributed by atoms with van der Waals surface area (Å²) in [4.78, 5) is 24.4. The second-order valence-electron chi connectivity index (χ2n) is 9.80. The van der Waals surface area contributed by atoms with Gasteiger partial charge in [-0.2, -0.15) is 0 Å². The van der Waals surface area contributed by atoms with E-state index in [2.05, 4.69) is 52.9 Å². The molecule has 2 aliphatic carbocycles. The summed E-state index contributed by atoms with van der Waals surface area (Å²) in [6, 6.07) is 0. The lowest BCUT2D eigenvalue weighted by Crippen LogP contribution is -2.29. The average Bonchev–Trinajstić information content (AvgIpc) is 2.68. The molecule has 2 N–H and O–H groups in total. The van der Waals surface area contributed by atoms with Gasteiger partial charge in [-0.3, -0.25) is 9.59 Å². The molecule has 0 saturated carbocycles. The van der Waals surface area contributed by atoms with Crippen molar-refractivity contribution in [1.82, 2.24) is 5.32 Å². The van der Waals surface area contributed by atoms with Crippen LogP contribution in [0, 0.1) is 17.3 Å². The number of aliphatic hydroxyl groups excluding tert-OH is 1. The van der Waals surface area contributed by atoms with Crippen LogP contribution < -0.4 is 5.32 Å². The molecule has 0 fully saturated rings. The summed E-state index contributed by atoms with van der Waals surface area (Å²) in [5, 5.41) is 13.7. The molecule has 0 spiro atoms. The van der Waals surface area contributed by atoms with Crippen LogP contribution in [0.2, 0.25) is 0 Å². The standard InChI is InChI=1S/C26H39NO3/c1-17(2)12-15-27-22-16-23(28)25(30)21(24(22)29)10-9-18(3)11-14-26(6)13-7-8-19(4)20(26)5/h8-9,16-17,20,27,29H,7,10-15H2,1-6H3/b18-9+/t20-,26-/m1/s1. The van der Waals surface area contributed by atoms with Gasteiger partial charge in [0.2, 0.25) is 11.6 Å². The topological polar surface area (TPSA) is 66.4 Å². The molecule has 0 bridgehead atoms. The number of carbonyl (C=O) groups is 2. The first kappa shape index (κ1) is 24.2. The van der Waals surface area contributed by atoms with Crippen molar-refractivity contribution in [3.63, 3.8) is 0 Å². The van der Waals surface area contributed by atoms with E-state index >= 15 is 0 Å². The molecule has 0 saturated heterocycles. The third-order valence-electron chi connectivity index (χ3n) is 7.01. The number of Topliss-reactive ketones (excluding diaryl/α,β-unsaturated/α-hetero) is 1. The van der Waals surface area contributed by atoms with Crippen LogP contribution in [-0.2, 0) is 9.59 Å². The van der Waals surface area contributed by atoms with Crippen molar-refractivity contribution in [2.75, 3.05) is 6.54 Å². The largest absolute Gasteiger partial charge is 0.505 e. The van der Waals surface area contributed by atoms with Gasteiger partial charge in [-0.05, 0) is 69.6 Å². The van der Waals surface area contributed by atoms with Crippen LogP contribution in [0.15, 0.2) is 46.4 Å².